The van der Waals surface area contributed by atoms with Gasteiger partial charge in [-0.25, -0.2) is 4.39 Å². The van der Waals surface area contributed by atoms with E-state index in [1.807, 2.05) is 11.1 Å². The summed E-state index contributed by atoms with van der Waals surface area (Å²) in [5.41, 5.74) is 3.16. The molecule has 0 bridgehead atoms. The average Bonchev–Trinajstić information content (AvgIpc) is 3.65. The maximum Gasteiger partial charge on any atom is 0.226 e. The number of carbonyl (C=O) groups is 1. The van der Waals surface area contributed by atoms with E-state index in [-0.39, 0.29) is 23.7 Å². The molecule has 3 aliphatic rings. The number of carbonyl (C=O) groups excluding carboxylic acids is 1. The zero-order valence-corrected chi connectivity index (χ0v) is 19.1. The smallest absolute Gasteiger partial charge is 0.226 e. The minimum Gasteiger partial charge on any atom is -0.366 e. The first-order valence-corrected chi connectivity index (χ1v) is 13.6. The summed E-state index contributed by atoms with van der Waals surface area (Å²) >= 11 is 0. The van der Waals surface area contributed by atoms with Crippen molar-refractivity contribution in [2.24, 2.45) is 5.92 Å². The van der Waals surface area contributed by atoms with Crippen LogP contribution in [-0.4, -0.2) is 57.0 Å². The Kier molecular flexibility index (Phi) is 5.70. The number of benzene rings is 1. The van der Waals surface area contributed by atoms with Gasteiger partial charge in [-0.2, -0.15) is 0 Å². The van der Waals surface area contributed by atoms with Crippen molar-refractivity contribution in [3.63, 3.8) is 0 Å². The van der Waals surface area contributed by atoms with Gasteiger partial charge in [0.1, 0.15) is 5.82 Å². The van der Waals surface area contributed by atoms with Gasteiger partial charge in [0, 0.05) is 48.7 Å². The van der Waals surface area contributed by atoms with Crippen LogP contribution >= 0.6 is 0 Å². The SMILES string of the molecule is C=S1(=O)CCC(C(=O)N2CCN(c3ccc(C4CC4)nc3)CC2c2ccc(F)cc2)CC1. The van der Waals surface area contributed by atoms with Gasteiger partial charge in [-0.05, 0) is 70.9 Å². The maximum atomic E-state index is 13.6. The normalized spacial score (nSPS) is 28.5. The molecule has 0 N–H and O–H groups in total. The molecule has 170 valence electrons. The molecule has 2 saturated heterocycles. The van der Waals surface area contributed by atoms with Crippen molar-refractivity contribution < 1.29 is 13.4 Å². The van der Waals surface area contributed by atoms with Gasteiger partial charge in [-0.1, -0.05) is 12.1 Å². The van der Waals surface area contributed by atoms with E-state index >= 15 is 0 Å². The Labute approximate surface area is 189 Å². The van der Waals surface area contributed by atoms with E-state index in [1.54, 1.807) is 12.1 Å². The van der Waals surface area contributed by atoms with E-state index < -0.39 is 9.52 Å². The topological polar surface area (TPSA) is 53.5 Å². The van der Waals surface area contributed by atoms with Gasteiger partial charge in [0.05, 0.1) is 17.9 Å². The summed E-state index contributed by atoms with van der Waals surface area (Å²) in [5, 5.41) is 0. The van der Waals surface area contributed by atoms with Crippen molar-refractivity contribution in [1.29, 1.82) is 0 Å². The average molecular weight is 456 g/mol. The molecule has 5 nitrogen and oxygen atoms in total. The third kappa shape index (κ3) is 4.53. The third-order valence-corrected chi connectivity index (χ3v) is 9.04. The van der Waals surface area contributed by atoms with Crippen LogP contribution in [-0.2, 0) is 14.3 Å². The summed E-state index contributed by atoms with van der Waals surface area (Å²) < 4.78 is 25.8. The van der Waals surface area contributed by atoms with E-state index in [4.69, 9.17) is 0 Å². The van der Waals surface area contributed by atoms with Gasteiger partial charge >= 0.3 is 0 Å². The number of pyridine rings is 1. The molecule has 1 aromatic carbocycles. The predicted octanol–water partition coefficient (Wildman–Crippen LogP) is 3.61. The largest absolute Gasteiger partial charge is 0.366 e. The van der Waals surface area contributed by atoms with Gasteiger partial charge in [-0.3, -0.25) is 14.0 Å². The second kappa shape index (κ2) is 8.50. The first-order valence-electron chi connectivity index (χ1n) is 11.5. The molecular weight excluding hydrogens is 425 g/mol. The van der Waals surface area contributed by atoms with Crippen molar-refractivity contribution in [1.82, 2.24) is 9.88 Å². The number of hydrogen-bond donors (Lipinski definition) is 0. The Morgan fingerprint density at radius 2 is 1.75 bits per heavy atom. The molecule has 7 heteroatoms. The lowest BCUT2D eigenvalue weighted by atomic mass is 9.96. The number of aromatic nitrogens is 1. The summed E-state index contributed by atoms with van der Waals surface area (Å²) in [6, 6.07) is 10.6. The van der Waals surface area contributed by atoms with Gasteiger partial charge in [0.2, 0.25) is 5.91 Å². The molecule has 2 aromatic rings. The lowest BCUT2D eigenvalue weighted by molar-refractivity contribution is -0.138. The van der Waals surface area contributed by atoms with Crippen LogP contribution in [0, 0.1) is 11.7 Å². The molecule has 1 saturated carbocycles. The summed E-state index contributed by atoms with van der Waals surface area (Å²) in [6.07, 6.45) is 5.65. The van der Waals surface area contributed by atoms with Gasteiger partial charge in [0.25, 0.3) is 0 Å². The standard InChI is InChI=1S/C25H30FN3O2S/c1-32(31)14-10-20(11-15-32)25(30)29-13-12-28(17-24(29)19-4-6-21(26)7-5-19)22-8-9-23(27-16-22)18-2-3-18/h4-9,16,18,20,24H,1-3,10-15,17H2. The van der Waals surface area contributed by atoms with Crippen molar-refractivity contribution in [2.75, 3.05) is 36.0 Å². The van der Waals surface area contributed by atoms with Crippen molar-refractivity contribution in [3.05, 3.63) is 59.7 Å². The van der Waals surface area contributed by atoms with E-state index in [1.165, 1.54) is 25.0 Å². The molecule has 1 aromatic heterocycles. The Morgan fingerprint density at radius 3 is 2.38 bits per heavy atom. The Hall–Kier alpha value is -2.41. The maximum absolute atomic E-state index is 13.6. The lowest BCUT2D eigenvalue weighted by Crippen LogP contribution is -2.53. The summed E-state index contributed by atoms with van der Waals surface area (Å²) in [4.78, 5) is 22.4. The second-order valence-corrected chi connectivity index (χ2v) is 12.2. The van der Waals surface area contributed by atoms with Gasteiger partial charge in [0.15, 0.2) is 0 Å². The van der Waals surface area contributed by atoms with Crippen molar-refractivity contribution >= 4 is 27.0 Å². The number of rotatable bonds is 4. The van der Waals surface area contributed by atoms with Crippen LogP contribution < -0.4 is 4.90 Å². The summed E-state index contributed by atoms with van der Waals surface area (Å²) in [7, 11) is -2.03. The minimum atomic E-state index is -2.03. The highest BCUT2D eigenvalue weighted by Gasteiger charge is 2.36. The Bertz CT molecular complexity index is 1070. The van der Waals surface area contributed by atoms with Crippen LogP contribution in [0.3, 0.4) is 0 Å². The van der Waals surface area contributed by atoms with Crippen LogP contribution in [0.25, 0.3) is 0 Å². The van der Waals surface area contributed by atoms with Crippen LogP contribution in [0.1, 0.15) is 48.9 Å². The quantitative estimate of drug-likeness (QED) is 0.661. The third-order valence-electron chi connectivity index (χ3n) is 7.08. The van der Waals surface area contributed by atoms with Crippen molar-refractivity contribution in [2.45, 2.75) is 37.6 Å². The molecule has 5 rings (SSSR count). The summed E-state index contributed by atoms with van der Waals surface area (Å²) in [5.74, 6) is 5.21. The zero-order valence-electron chi connectivity index (χ0n) is 18.3. The number of amides is 1. The molecule has 2 aliphatic heterocycles. The molecule has 1 unspecified atom stereocenters. The predicted molar refractivity (Wildman–Crippen MR) is 127 cm³/mol. The first-order chi connectivity index (χ1) is 15.4. The highest BCUT2D eigenvalue weighted by Crippen LogP contribution is 2.39. The van der Waals surface area contributed by atoms with E-state index in [2.05, 4.69) is 27.9 Å². The fraction of sp³-hybridized carbons (Fsp3) is 0.480. The molecule has 1 atom stereocenters. The number of halogens is 1. The van der Waals surface area contributed by atoms with Gasteiger partial charge < -0.3 is 9.80 Å². The van der Waals surface area contributed by atoms with Crippen LogP contribution in [0.4, 0.5) is 10.1 Å². The second-order valence-electron chi connectivity index (χ2n) is 9.41. The molecule has 3 fully saturated rings. The van der Waals surface area contributed by atoms with E-state index in [9.17, 15) is 13.4 Å². The number of anilines is 1. The number of hydrogen-bond acceptors (Lipinski definition) is 4. The van der Waals surface area contributed by atoms with Crippen LogP contribution in [0.2, 0.25) is 0 Å². The highest BCUT2D eigenvalue weighted by atomic mass is 32.2. The molecule has 3 heterocycles. The summed E-state index contributed by atoms with van der Waals surface area (Å²) in [6.45, 7) is 1.97. The molecule has 0 spiro atoms. The zero-order chi connectivity index (χ0) is 22.3. The lowest BCUT2D eigenvalue weighted by Gasteiger charge is -2.44. The fourth-order valence-corrected chi connectivity index (χ4v) is 6.53. The monoisotopic (exact) mass is 455 g/mol. The number of nitrogens with zero attached hydrogens (tertiary/aromatic N) is 3. The Morgan fingerprint density at radius 1 is 1.03 bits per heavy atom. The molecule has 0 radical (unpaired) electrons. The first kappa shape index (κ1) is 21.4. The molecule has 1 aliphatic carbocycles. The van der Waals surface area contributed by atoms with Crippen LogP contribution in [0.15, 0.2) is 42.6 Å². The molecule has 32 heavy (non-hydrogen) atoms. The Balaban J connectivity index is 1.37. The molecule has 1 amide bonds. The van der Waals surface area contributed by atoms with Gasteiger partial charge in [-0.15, -0.1) is 0 Å². The van der Waals surface area contributed by atoms with E-state index in [0.717, 1.165) is 23.5 Å². The van der Waals surface area contributed by atoms with Crippen LogP contribution in [0.5, 0.6) is 0 Å². The van der Waals surface area contributed by atoms with E-state index in [0.29, 0.717) is 43.4 Å². The minimum absolute atomic E-state index is 0.111. The number of piperazine rings is 1. The fourth-order valence-electron chi connectivity index (χ4n) is 4.90. The highest BCUT2D eigenvalue weighted by molar-refractivity contribution is 8.00. The molecular formula is C25H30FN3O2S. The van der Waals surface area contributed by atoms with Crippen molar-refractivity contribution in [3.8, 4) is 0 Å².